The van der Waals surface area contributed by atoms with E-state index in [-0.39, 0.29) is 22.4 Å². The maximum absolute atomic E-state index is 14.9. The van der Waals surface area contributed by atoms with Gasteiger partial charge in [-0.05, 0) is 49.8 Å². The van der Waals surface area contributed by atoms with Crippen LogP contribution in [0, 0.1) is 19.7 Å². The Morgan fingerprint density at radius 2 is 1.71 bits per heavy atom. The Balaban J connectivity index is 1.55. The van der Waals surface area contributed by atoms with Crippen molar-refractivity contribution in [1.82, 2.24) is 14.8 Å². The number of carbonyl (C=O) groups excluding carboxylic acids is 1. The second-order valence-electron chi connectivity index (χ2n) is 8.18. The van der Waals surface area contributed by atoms with Crippen LogP contribution in [0.2, 0.25) is 5.02 Å². The summed E-state index contributed by atoms with van der Waals surface area (Å²) in [7, 11) is 0. The van der Waals surface area contributed by atoms with Crippen LogP contribution in [0.15, 0.2) is 72.8 Å². The Kier molecular flexibility index (Phi) is 5.63. The van der Waals surface area contributed by atoms with Crippen LogP contribution in [0.3, 0.4) is 0 Å². The molecular formula is C26H21ClFN5O. The van der Waals surface area contributed by atoms with Crippen molar-refractivity contribution in [2.24, 2.45) is 0 Å². The minimum absolute atomic E-state index is 0.101. The van der Waals surface area contributed by atoms with E-state index in [2.05, 4.69) is 20.7 Å². The summed E-state index contributed by atoms with van der Waals surface area (Å²) >= 11 is 6.41. The second kappa shape index (κ2) is 8.76. The number of hydrogen-bond acceptors (Lipinski definition) is 4. The van der Waals surface area contributed by atoms with Gasteiger partial charge in [0.1, 0.15) is 11.9 Å². The second-order valence-corrected chi connectivity index (χ2v) is 8.58. The first-order chi connectivity index (χ1) is 16.4. The first-order valence-corrected chi connectivity index (χ1v) is 11.1. The summed E-state index contributed by atoms with van der Waals surface area (Å²) in [5, 5.41) is 10.7. The van der Waals surface area contributed by atoms with Crippen molar-refractivity contribution >= 4 is 35.1 Å². The molecule has 34 heavy (non-hydrogen) atoms. The summed E-state index contributed by atoms with van der Waals surface area (Å²) in [6.07, 6.45) is 1.85. The fourth-order valence-corrected chi connectivity index (χ4v) is 4.10. The number of carbonyl (C=O) groups is 1. The topological polar surface area (TPSA) is 71.8 Å². The number of benzene rings is 3. The summed E-state index contributed by atoms with van der Waals surface area (Å²) in [4.78, 5) is 17.2. The van der Waals surface area contributed by atoms with Gasteiger partial charge in [0.05, 0.1) is 0 Å². The lowest BCUT2D eigenvalue weighted by atomic mass is 10.0. The van der Waals surface area contributed by atoms with E-state index in [0.717, 1.165) is 22.4 Å². The average molecular weight is 474 g/mol. The summed E-state index contributed by atoms with van der Waals surface area (Å²) in [6.45, 7) is 3.96. The third kappa shape index (κ3) is 4.18. The first-order valence-electron chi connectivity index (χ1n) is 10.7. The lowest BCUT2D eigenvalue weighted by Crippen LogP contribution is -2.21. The zero-order chi connectivity index (χ0) is 23.8. The van der Waals surface area contributed by atoms with Gasteiger partial charge in [-0.25, -0.2) is 9.07 Å². The molecule has 0 fully saturated rings. The molecule has 3 aromatic carbocycles. The number of allylic oxidation sites excluding steroid dienone is 1. The van der Waals surface area contributed by atoms with Crippen LogP contribution >= 0.6 is 11.6 Å². The minimum atomic E-state index is -0.668. The number of hydrogen-bond donors (Lipinski definition) is 2. The van der Waals surface area contributed by atoms with Crippen molar-refractivity contribution in [1.29, 1.82) is 0 Å². The van der Waals surface area contributed by atoms with Crippen LogP contribution in [0.25, 0.3) is 5.70 Å². The highest BCUT2D eigenvalue weighted by atomic mass is 35.5. The zero-order valence-corrected chi connectivity index (χ0v) is 19.3. The van der Waals surface area contributed by atoms with Crippen LogP contribution in [-0.2, 0) is 0 Å². The number of aromatic nitrogens is 3. The molecule has 1 atom stereocenters. The van der Waals surface area contributed by atoms with E-state index in [1.165, 1.54) is 10.7 Å². The van der Waals surface area contributed by atoms with Crippen LogP contribution in [0.1, 0.15) is 38.7 Å². The molecule has 5 rings (SSSR count). The Bertz CT molecular complexity index is 1390. The number of aryl methyl sites for hydroxylation is 2. The molecule has 0 bridgehead atoms. The molecular weight excluding hydrogens is 453 g/mol. The third-order valence-corrected chi connectivity index (χ3v) is 5.99. The van der Waals surface area contributed by atoms with Gasteiger partial charge >= 0.3 is 0 Å². The smallest absolute Gasteiger partial charge is 0.258 e. The molecule has 1 aliphatic rings. The van der Waals surface area contributed by atoms with Gasteiger partial charge in [-0.15, -0.1) is 5.10 Å². The first kappa shape index (κ1) is 21.9. The molecule has 0 unspecified atom stereocenters. The normalized spacial score (nSPS) is 14.7. The predicted octanol–water partition coefficient (Wildman–Crippen LogP) is 6.00. The molecule has 1 aliphatic heterocycles. The van der Waals surface area contributed by atoms with E-state index < -0.39 is 11.9 Å². The molecule has 2 heterocycles. The Morgan fingerprint density at radius 1 is 1.03 bits per heavy atom. The number of anilines is 2. The quantitative estimate of drug-likeness (QED) is 0.381. The molecule has 0 aliphatic carbocycles. The molecule has 8 heteroatoms. The van der Waals surface area contributed by atoms with E-state index in [9.17, 15) is 9.18 Å². The maximum Gasteiger partial charge on any atom is 0.258 e. The number of halogens is 2. The SMILES string of the molecule is Cc1ccc(C(=O)Nc2nc3n(n2)[C@H](c2c(F)cccc2Cl)C=C(c2ccc(C)cc2)N3)cc1. The molecule has 0 saturated heterocycles. The van der Waals surface area contributed by atoms with Crippen molar-refractivity contribution in [2.45, 2.75) is 19.9 Å². The van der Waals surface area contributed by atoms with Crippen LogP contribution in [0.4, 0.5) is 16.3 Å². The molecule has 0 radical (unpaired) electrons. The number of amides is 1. The molecule has 0 saturated carbocycles. The summed E-state index contributed by atoms with van der Waals surface area (Å²) in [5.74, 6) is -0.327. The number of rotatable bonds is 4. The monoisotopic (exact) mass is 473 g/mol. The van der Waals surface area contributed by atoms with Gasteiger partial charge in [-0.2, -0.15) is 4.98 Å². The molecule has 6 nitrogen and oxygen atoms in total. The van der Waals surface area contributed by atoms with Gasteiger partial charge in [-0.1, -0.05) is 65.2 Å². The Labute approximate surface area is 201 Å². The van der Waals surface area contributed by atoms with Gasteiger partial charge in [-0.3, -0.25) is 10.1 Å². The number of nitrogens with one attached hydrogen (secondary N) is 2. The Hall–Kier alpha value is -3.97. The van der Waals surface area contributed by atoms with Crippen LogP contribution < -0.4 is 10.6 Å². The van der Waals surface area contributed by atoms with Crippen molar-refractivity contribution < 1.29 is 9.18 Å². The largest absolute Gasteiger partial charge is 0.324 e. The van der Waals surface area contributed by atoms with Gasteiger partial charge in [0, 0.05) is 21.8 Å². The predicted molar refractivity (Wildman–Crippen MR) is 131 cm³/mol. The molecule has 1 amide bonds. The van der Waals surface area contributed by atoms with E-state index in [1.807, 2.05) is 56.3 Å². The van der Waals surface area contributed by atoms with Gasteiger partial charge in [0.25, 0.3) is 11.9 Å². The van der Waals surface area contributed by atoms with Crippen molar-refractivity contribution in [3.8, 4) is 0 Å². The fraction of sp³-hybridized carbons (Fsp3) is 0.115. The molecule has 170 valence electrons. The highest BCUT2D eigenvalue weighted by Crippen LogP contribution is 2.37. The van der Waals surface area contributed by atoms with Crippen LogP contribution in [-0.4, -0.2) is 20.7 Å². The third-order valence-electron chi connectivity index (χ3n) is 5.66. The zero-order valence-electron chi connectivity index (χ0n) is 18.5. The molecule has 0 spiro atoms. The van der Waals surface area contributed by atoms with E-state index in [1.54, 1.807) is 24.3 Å². The fourth-order valence-electron chi connectivity index (χ4n) is 3.83. The van der Waals surface area contributed by atoms with E-state index >= 15 is 0 Å². The highest BCUT2D eigenvalue weighted by Gasteiger charge is 2.29. The number of fused-ring (bicyclic) bond motifs is 1. The van der Waals surface area contributed by atoms with Crippen molar-refractivity contribution in [3.05, 3.63) is 111 Å². The van der Waals surface area contributed by atoms with Gasteiger partial charge in [0.15, 0.2) is 0 Å². The van der Waals surface area contributed by atoms with Crippen LogP contribution in [0.5, 0.6) is 0 Å². The van der Waals surface area contributed by atoms with Crippen molar-refractivity contribution in [3.63, 3.8) is 0 Å². The van der Waals surface area contributed by atoms with Crippen molar-refractivity contribution in [2.75, 3.05) is 10.6 Å². The summed E-state index contributed by atoms with van der Waals surface area (Å²) in [6, 6.07) is 19.0. The molecule has 1 aromatic heterocycles. The maximum atomic E-state index is 14.9. The summed E-state index contributed by atoms with van der Waals surface area (Å²) in [5.41, 5.74) is 4.58. The Morgan fingerprint density at radius 3 is 2.38 bits per heavy atom. The van der Waals surface area contributed by atoms with Gasteiger partial charge in [0.2, 0.25) is 5.95 Å². The molecule has 2 N–H and O–H groups in total. The molecule has 4 aromatic rings. The highest BCUT2D eigenvalue weighted by molar-refractivity contribution is 6.31. The van der Waals surface area contributed by atoms with E-state index in [4.69, 9.17) is 11.6 Å². The standard InChI is InChI=1S/C26H21ClFN5O/c1-15-6-10-17(11-7-15)21-14-22(23-19(27)4-3-5-20(23)28)33-26(29-21)31-25(32-33)30-24(34)18-12-8-16(2)9-13-18/h3-14,22H,1-2H3,(H2,29,30,31,32,34)/t22-/m0/s1. The van der Waals surface area contributed by atoms with E-state index in [0.29, 0.717) is 11.5 Å². The average Bonchev–Trinajstić information content (AvgIpc) is 3.22. The minimum Gasteiger partial charge on any atom is -0.324 e. The number of nitrogens with zero attached hydrogens (tertiary/aromatic N) is 3. The lowest BCUT2D eigenvalue weighted by Gasteiger charge is -2.25. The summed E-state index contributed by atoms with van der Waals surface area (Å²) < 4.78 is 16.4. The van der Waals surface area contributed by atoms with Gasteiger partial charge < -0.3 is 5.32 Å². The lowest BCUT2D eigenvalue weighted by molar-refractivity contribution is 0.102.